The summed E-state index contributed by atoms with van der Waals surface area (Å²) in [5.74, 6) is 1.70. The summed E-state index contributed by atoms with van der Waals surface area (Å²) in [7, 11) is 5.52. The first kappa shape index (κ1) is 13.5. The maximum Gasteiger partial charge on any atom is 0.136 e. The van der Waals surface area contributed by atoms with Gasteiger partial charge >= 0.3 is 0 Å². The maximum atomic E-state index is 5.42. The van der Waals surface area contributed by atoms with Crippen molar-refractivity contribution in [1.29, 1.82) is 0 Å². The van der Waals surface area contributed by atoms with Gasteiger partial charge in [0.05, 0.1) is 24.5 Å². The predicted octanol–water partition coefficient (Wildman–Crippen LogP) is 1.66. The van der Waals surface area contributed by atoms with Gasteiger partial charge in [-0.15, -0.1) is 11.8 Å². The standard InChI is InChI=1S/C13H20N2O2S/c1-15-7-6-14-9-13(15)18-12-5-4-10(16-2)8-11(12)17-3/h4-5,8,13-14H,6-7,9H2,1-3H3. The second-order valence-corrected chi connectivity index (χ2v) is 5.49. The van der Waals surface area contributed by atoms with Crippen LogP contribution in [0.1, 0.15) is 0 Å². The van der Waals surface area contributed by atoms with Gasteiger partial charge in [-0.25, -0.2) is 0 Å². The maximum absolute atomic E-state index is 5.42. The fourth-order valence-electron chi connectivity index (χ4n) is 1.93. The summed E-state index contributed by atoms with van der Waals surface area (Å²) in [6.07, 6.45) is 0. The molecule has 1 aromatic carbocycles. The summed E-state index contributed by atoms with van der Waals surface area (Å²) in [4.78, 5) is 3.52. The lowest BCUT2D eigenvalue weighted by atomic mass is 10.3. The molecule has 0 radical (unpaired) electrons. The fraction of sp³-hybridized carbons (Fsp3) is 0.538. The molecule has 100 valence electrons. The second kappa shape index (κ2) is 6.31. The minimum Gasteiger partial charge on any atom is -0.497 e. The van der Waals surface area contributed by atoms with E-state index in [4.69, 9.17) is 9.47 Å². The lowest BCUT2D eigenvalue weighted by Gasteiger charge is -2.32. The highest BCUT2D eigenvalue weighted by molar-refractivity contribution is 8.00. The van der Waals surface area contributed by atoms with Crippen molar-refractivity contribution in [2.45, 2.75) is 10.3 Å². The third-order valence-electron chi connectivity index (χ3n) is 3.09. The molecule has 0 saturated carbocycles. The van der Waals surface area contributed by atoms with Crippen molar-refractivity contribution < 1.29 is 9.47 Å². The Morgan fingerprint density at radius 1 is 1.33 bits per heavy atom. The van der Waals surface area contributed by atoms with Gasteiger partial charge in [0.2, 0.25) is 0 Å². The molecule has 1 aliphatic heterocycles. The van der Waals surface area contributed by atoms with E-state index in [1.165, 1.54) is 0 Å². The lowest BCUT2D eigenvalue weighted by Crippen LogP contribution is -2.47. The summed E-state index contributed by atoms with van der Waals surface area (Å²) in [6, 6.07) is 5.96. The van der Waals surface area contributed by atoms with Crippen LogP contribution in [-0.2, 0) is 0 Å². The molecule has 18 heavy (non-hydrogen) atoms. The molecule has 0 aromatic heterocycles. The number of hydrogen-bond donors (Lipinski definition) is 1. The van der Waals surface area contributed by atoms with Crippen LogP contribution >= 0.6 is 11.8 Å². The van der Waals surface area contributed by atoms with Crippen molar-refractivity contribution >= 4 is 11.8 Å². The molecule has 1 aromatic rings. The monoisotopic (exact) mass is 268 g/mol. The van der Waals surface area contributed by atoms with Gasteiger partial charge in [-0.1, -0.05) is 0 Å². The number of methoxy groups -OCH3 is 2. The first-order valence-corrected chi connectivity index (χ1v) is 6.92. The van der Waals surface area contributed by atoms with Crippen molar-refractivity contribution in [3.05, 3.63) is 18.2 Å². The van der Waals surface area contributed by atoms with E-state index < -0.39 is 0 Å². The molecule has 0 spiro atoms. The van der Waals surface area contributed by atoms with E-state index in [2.05, 4.69) is 23.3 Å². The summed E-state index contributed by atoms with van der Waals surface area (Å²) in [6.45, 7) is 3.14. The Morgan fingerprint density at radius 3 is 2.83 bits per heavy atom. The molecule has 1 fully saturated rings. The van der Waals surface area contributed by atoms with E-state index in [-0.39, 0.29) is 0 Å². The van der Waals surface area contributed by atoms with Crippen LogP contribution in [0.4, 0.5) is 0 Å². The number of ether oxygens (including phenoxy) is 2. The highest BCUT2D eigenvalue weighted by Gasteiger charge is 2.21. The number of hydrogen-bond acceptors (Lipinski definition) is 5. The summed E-state index contributed by atoms with van der Waals surface area (Å²) in [5, 5.41) is 3.86. The van der Waals surface area contributed by atoms with Crippen LogP contribution in [0, 0.1) is 0 Å². The van der Waals surface area contributed by atoms with Crippen molar-refractivity contribution in [1.82, 2.24) is 10.2 Å². The molecule has 2 rings (SSSR count). The molecule has 1 unspecified atom stereocenters. The van der Waals surface area contributed by atoms with Crippen molar-refractivity contribution in [2.75, 3.05) is 40.9 Å². The van der Waals surface area contributed by atoms with Gasteiger partial charge in [0, 0.05) is 25.7 Å². The van der Waals surface area contributed by atoms with E-state index in [9.17, 15) is 0 Å². The normalized spacial score (nSPS) is 20.7. The molecule has 0 amide bonds. The number of nitrogens with one attached hydrogen (secondary N) is 1. The number of nitrogens with zero attached hydrogens (tertiary/aromatic N) is 1. The zero-order valence-electron chi connectivity index (χ0n) is 11.1. The molecule has 1 N–H and O–H groups in total. The van der Waals surface area contributed by atoms with E-state index in [0.717, 1.165) is 36.0 Å². The summed E-state index contributed by atoms with van der Waals surface area (Å²) < 4.78 is 10.6. The van der Waals surface area contributed by atoms with Crippen LogP contribution in [0.25, 0.3) is 0 Å². The molecule has 0 bridgehead atoms. The molecular formula is C13H20N2O2S. The lowest BCUT2D eigenvalue weighted by molar-refractivity contribution is 0.266. The highest BCUT2D eigenvalue weighted by atomic mass is 32.2. The van der Waals surface area contributed by atoms with Crippen LogP contribution in [0.3, 0.4) is 0 Å². The van der Waals surface area contributed by atoms with Gasteiger partial charge in [0.1, 0.15) is 11.5 Å². The number of piperazine rings is 1. The quantitative estimate of drug-likeness (QED) is 0.898. The SMILES string of the molecule is COc1ccc(SC2CNCCN2C)c(OC)c1. The molecule has 1 saturated heterocycles. The van der Waals surface area contributed by atoms with E-state index >= 15 is 0 Å². The average molecular weight is 268 g/mol. The Hall–Kier alpha value is -0.910. The van der Waals surface area contributed by atoms with Crippen LogP contribution in [0.5, 0.6) is 11.5 Å². The highest BCUT2D eigenvalue weighted by Crippen LogP contribution is 2.35. The molecule has 1 atom stereocenters. The van der Waals surface area contributed by atoms with Crippen molar-refractivity contribution in [2.24, 2.45) is 0 Å². The summed E-state index contributed by atoms with van der Waals surface area (Å²) in [5.41, 5.74) is 0. The van der Waals surface area contributed by atoms with E-state index in [1.54, 1.807) is 14.2 Å². The van der Waals surface area contributed by atoms with Crippen molar-refractivity contribution in [3.63, 3.8) is 0 Å². The minimum absolute atomic E-state index is 0.445. The first-order valence-electron chi connectivity index (χ1n) is 6.04. The van der Waals surface area contributed by atoms with Gasteiger partial charge in [0.25, 0.3) is 0 Å². The molecule has 1 aliphatic rings. The zero-order valence-corrected chi connectivity index (χ0v) is 11.9. The van der Waals surface area contributed by atoms with Crippen LogP contribution in [-0.4, -0.2) is 51.2 Å². The average Bonchev–Trinajstić information content (AvgIpc) is 2.41. The summed E-state index contributed by atoms with van der Waals surface area (Å²) >= 11 is 1.83. The zero-order chi connectivity index (χ0) is 13.0. The molecule has 1 heterocycles. The molecule has 0 aliphatic carbocycles. The van der Waals surface area contributed by atoms with Crippen molar-refractivity contribution in [3.8, 4) is 11.5 Å². The van der Waals surface area contributed by atoms with E-state index in [1.807, 2.05) is 23.9 Å². The number of likely N-dealkylation sites (N-methyl/N-ethyl adjacent to an activating group) is 1. The Balaban J connectivity index is 2.12. The first-order chi connectivity index (χ1) is 8.74. The Labute approximate surface area is 113 Å². The van der Waals surface area contributed by atoms with Gasteiger partial charge in [0.15, 0.2) is 0 Å². The van der Waals surface area contributed by atoms with Gasteiger partial charge in [-0.05, 0) is 19.2 Å². The Bertz CT molecular complexity index is 401. The van der Waals surface area contributed by atoms with Gasteiger partial charge < -0.3 is 14.8 Å². The van der Waals surface area contributed by atoms with Crippen LogP contribution in [0.15, 0.2) is 23.1 Å². The topological polar surface area (TPSA) is 33.7 Å². The smallest absolute Gasteiger partial charge is 0.136 e. The largest absolute Gasteiger partial charge is 0.497 e. The minimum atomic E-state index is 0.445. The van der Waals surface area contributed by atoms with E-state index in [0.29, 0.717) is 5.37 Å². The fourth-order valence-corrected chi connectivity index (χ4v) is 3.12. The molecule has 4 nitrogen and oxygen atoms in total. The molecular weight excluding hydrogens is 248 g/mol. The number of benzene rings is 1. The Kier molecular flexibility index (Phi) is 4.74. The predicted molar refractivity (Wildman–Crippen MR) is 74.7 cm³/mol. The second-order valence-electron chi connectivity index (χ2n) is 4.27. The number of thioether (sulfide) groups is 1. The van der Waals surface area contributed by atoms with Gasteiger partial charge in [-0.2, -0.15) is 0 Å². The van der Waals surface area contributed by atoms with Gasteiger partial charge in [-0.3, -0.25) is 4.90 Å². The van der Waals surface area contributed by atoms with Crippen LogP contribution in [0.2, 0.25) is 0 Å². The van der Waals surface area contributed by atoms with Crippen LogP contribution < -0.4 is 14.8 Å². The molecule has 5 heteroatoms. The third-order valence-corrected chi connectivity index (χ3v) is 4.48. The Morgan fingerprint density at radius 2 is 2.17 bits per heavy atom. The number of rotatable bonds is 4. The third kappa shape index (κ3) is 3.10.